The molecule has 148 valence electrons. The molecule has 1 aliphatic carbocycles. The van der Waals surface area contributed by atoms with Crippen molar-refractivity contribution in [2.45, 2.75) is 31.3 Å². The monoisotopic (exact) mass is 390 g/mol. The van der Waals surface area contributed by atoms with Crippen LogP contribution in [-0.2, 0) is 22.6 Å². The number of urea groups is 1. The number of rotatable bonds is 4. The van der Waals surface area contributed by atoms with Gasteiger partial charge in [0.05, 0.1) is 0 Å². The number of anilines is 2. The van der Waals surface area contributed by atoms with Gasteiger partial charge in [-0.3, -0.25) is 14.9 Å². The van der Waals surface area contributed by atoms with Crippen LogP contribution >= 0.6 is 0 Å². The molecule has 3 N–H and O–H groups in total. The second kappa shape index (κ2) is 6.62. The summed E-state index contributed by atoms with van der Waals surface area (Å²) >= 11 is 0. The zero-order valence-electron chi connectivity index (χ0n) is 15.9. The van der Waals surface area contributed by atoms with E-state index in [2.05, 4.69) is 45.1 Å². The molecule has 0 atom stereocenters. The number of para-hydroxylation sites is 2. The van der Waals surface area contributed by atoms with Crippen molar-refractivity contribution in [3.05, 3.63) is 59.7 Å². The minimum atomic E-state index is -0.905. The van der Waals surface area contributed by atoms with Crippen LogP contribution in [0.2, 0.25) is 0 Å². The van der Waals surface area contributed by atoms with Gasteiger partial charge in [0.1, 0.15) is 5.54 Å². The fraction of sp³-hybridized carbons (Fsp3) is 0.318. The zero-order chi connectivity index (χ0) is 20.0. The Morgan fingerprint density at radius 1 is 1.10 bits per heavy atom. The summed E-state index contributed by atoms with van der Waals surface area (Å²) in [6.07, 6.45) is 1.69. The Balaban J connectivity index is 1.27. The third-order valence-corrected chi connectivity index (χ3v) is 6.19. The van der Waals surface area contributed by atoms with Crippen molar-refractivity contribution in [3.8, 4) is 0 Å². The van der Waals surface area contributed by atoms with Gasteiger partial charge in [-0.25, -0.2) is 4.79 Å². The number of nitrogens with zero attached hydrogens (tertiary/aromatic N) is 1. The molecular formula is C22H22N4O3. The van der Waals surface area contributed by atoms with E-state index >= 15 is 0 Å². The SMILES string of the molecule is O=C1NC(=O)C2(CC(C(=O)Nc3ccccc3CN3CCc4ccccc43)C2)N1. The maximum absolute atomic E-state index is 12.7. The first-order chi connectivity index (χ1) is 14.0. The number of carbonyl (C=O) groups is 3. The van der Waals surface area contributed by atoms with E-state index in [-0.39, 0.29) is 17.7 Å². The smallest absolute Gasteiger partial charge is 0.322 e. The summed E-state index contributed by atoms with van der Waals surface area (Å²) in [5.74, 6) is -0.738. The Hall–Kier alpha value is -3.35. The molecule has 1 saturated heterocycles. The van der Waals surface area contributed by atoms with Gasteiger partial charge >= 0.3 is 6.03 Å². The molecule has 1 saturated carbocycles. The van der Waals surface area contributed by atoms with Gasteiger partial charge in [-0.2, -0.15) is 0 Å². The first-order valence-corrected chi connectivity index (χ1v) is 9.89. The van der Waals surface area contributed by atoms with Crippen molar-refractivity contribution < 1.29 is 14.4 Å². The second-order valence-corrected chi connectivity index (χ2v) is 8.04. The summed E-state index contributed by atoms with van der Waals surface area (Å²) in [7, 11) is 0. The van der Waals surface area contributed by atoms with Gasteiger partial charge in [0.2, 0.25) is 5.91 Å². The Bertz CT molecular complexity index is 1010. The average molecular weight is 390 g/mol. The molecule has 7 nitrogen and oxygen atoms in total. The Morgan fingerprint density at radius 2 is 1.86 bits per heavy atom. The Kier molecular flexibility index (Phi) is 4.04. The first kappa shape index (κ1) is 17.7. The number of hydrogen-bond acceptors (Lipinski definition) is 4. The minimum Gasteiger partial charge on any atom is -0.367 e. The summed E-state index contributed by atoms with van der Waals surface area (Å²) in [5.41, 5.74) is 3.54. The Morgan fingerprint density at radius 3 is 2.66 bits per heavy atom. The van der Waals surface area contributed by atoms with Crippen LogP contribution in [0.25, 0.3) is 0 Å². The van der Waals surface area contributed by atoms with Crippen molar-refractivity contribution >= 4 is 29.2 Å². The van der Waals surface area contributed by atoms with Crippen LogP contribution in [0, 0.1) is 5.92 Å². The van der Waals surface area contributed by atoms with E-state index in [9.17, 15) is 14.4 Å². The highest BCUT2D eigenvalue weighted by atomic mass is 16.2. The molecule has 2 aromatic rings. The van der Waals surface area contributed by atoms with Crippen molar-refractivity contribution in [2.24, 2.45) is 5.92 Å². The van der Waals surface area contributed by atoms with Gasteiger partial charge in [-0.15, -0.1) is 0 Å². The van der Waals surface area contributed by atoms with Gasteiger partial charge in [-0.1, -0.05) is 36.4 Å². The maximum Gasteiger partial charge on any atom is 0.322 e. The number of benzene rings is 2. The quantitative estimate of drug-likeness (QED) is 0.698. The predicted octanol–water partition coefficient (Wildman–Crippen LogP) is 2.18. The van der Waals surface area contributed by atoms with E-state index in [0.29, 0.717) is 12.8 Å². The molecule has 3 aliphatic rings. The van der Waals surface area contributed by atoms with Crippen molar-refractivity contribution in [3.63, 3.8) is 0 Å². The molecule has 2 heterocycles. The lowest BCUT2D eigenvalue weighted by molar-refractivity contribution is -0.133. The highest BCUT2D eigenvalue weighted by Gasteiger charge is 2.57. The third kappa shape index (κ3) is 3.03. The molecule has 2 aromatic carbocycles. The summed E-state index contributed by atoms with van der Waals surface area (Å²) < 4.78 is 0. The molecule has 29 heavy (non-hydrogen) atoms. The standard InChI is InChI=1S/C22H22N4O3/c27-19(16-11-22(12-16)20(28)24-21(29)25-22)23-17-7-3-1-6-15(17)13-26-10-9-14-5-2-4-8-18(14)26/h1-8,16H,9-13H2,(H,23,27)(H2,24,25,28,29). The van der Waals surface area contributed by atoms with Crippen LogP contribution in [0.5, 0.6) is 0 Å². The normalized spacial score (nSPS) is 24.7. The second-order valence-electron chi connectivity index (χ2n) is 8.04. The minimum absolute atomic E-state index is 0.112. The first-order valence-electron chi connectivity index (χ1n) is 9.89. The zero-order valence-corrected chi connectivity index (χ0v) is 15.9. The fourth-order valence-electron chi connectivity index (χ4n) is 4.57. The van der Waals surface area contributed by atoms with E-state index in [1.807, 2.05) is 24.3 Å². The third-order valence-electron chi connectivity index (χ3n) is 6.19. The van der Waals surface area contributed by atoms with E-state index in [1.165, 1.54) is 11.3 Å². The molecule has 0 radical (unpaired) electrons. The van der Waals surface area contributed by atoms with Gasteiger partial charge in [0.15, 0.2) is 0 Å². The van der Waals surface area contributed by atoms with Gasteiger partial charge in [-0.05, 0) is 42.5 Å². The number of carbonyl (C=O) groups excluding carboxylic acids is 3. The van der Waals surface area contributed by atoms with E-state index in [4.69, 9.17) is 0 Å². The number of imide groups is 1. The molecule has 7 heteroatoms. The van der Waals surface area contributed by atoms with E-state index in [0.717, 1.165) is 30.8 Å². The van der Waals surface area contributed by atoms with Crippen LogP contribution in [0.3, 0.4) is 0 Å². The van der Waals surface area contributed by atoms with Crippen LogP contribution < -0.4 is 20.9 Å². The number of hydrogen-bond donors (Lipinski definition) is 3. The van der Waals surface area contributed by atoms with E-state index in [1.54, 1.807) is 0 Å². The van der Waals surface area contributed by atoms with Crippen LogP contribution in [-0.4, -0.2) is 29.9 Å². The van der Waals surface area contributed by atoms with Gasteiger partial charge in [0, 0.05) is 30.4 Å². The van der Waals surface area contributed by atoms with Crippen molar-refractivity contribution in [2.75, 3.05) is 16.8 Å². The molecule has 0 bridgehead atoms. The lowest BCUT2D eigenvalue weighted by Crippen LogP contribution is -2.59. The highest BCUT2D eigenvalue weighted by Crippen LogP contribution is 2.40. The molecule has 5 rings (SSSR count). The predicted molar refractivity (Wildman–Crippen MR) is 108 cm³/mol. The summed E-state index contributed by atoms with van der Waals surface area (Å²) in [5, 5.41) is 7.93. The topological polar surface area (TPSA) is 90.5 Å². The largest absolute Gasteiger partial charge is 0.367 e. The highest BCUT2D eigenvalue weighted by molar-refractivity contribution is 6.09. The lowest BCUT2D eigenvalue weighted by Gasteiger charge is -2.41. The molecule has 0 unspecified atom stereocenters. The molecule has 2 fully saturated rings. The number of amides is 4. The summed E-state index contributed by atoms with van der Waals surface area (Å²) in [6, 6.07) is 15.8. The van der Waals surface area contributed by atoms with Crippen LogP contribution in [0.15, 0.2) is 48.5 Å². The molecule has 0 aromatic heterocycles. The fourth-order valence-corrected chi connectivity index (χ4v) is 4.57. The van der Waals surface area contributed by atoms with Gasteiger partial charge in [0.25, 0.3) is 5.91 Å². The molecule has 4 amide bonds. The summed E-state index contributed by atoms with van der Waals surface area (Å²) in [4.78, 5) is 38.4. The Labute approximate surface area is 168 Å². The molecule has 1 spiro atoms. The van der Waals surface area contributed by atoms with Crippen molar-refractivity contribution in [1.82, 2.24) is 10.6 Å². The van der Waals surface area contributed by atoms with Crippen LogP contribution in [0.1, 0.15) is 24.0 Å². The van der Waals surface area contributed by atoms with Crippen LogP contribution in [0.4, 0.5) is 16.2 Å². The van der Waals surface area contributed by atoms with Gasteiger partial charge < -0.3 is 15.5 Å². The molecule has 2 aliphatic heterocycles. The van der Waals surface area contributed by atoms with Crippen molar-refractivity contribution in [1.29, 1.82) is 0 Å². The maximum atomic E-state index is 12.7. The molecular weight excluding hydrogens is 368 g/mol. The average Bonchev–Trinajstić information content (AvgIpc) is 3.22. The lowest BCUT2D eigenvalue weighted by atomic mass is 9.68. The summed E-state index contributed by atoms with van der Waals surface area (Å²) in [6.45, 7) is 1.68. The van der Waals surface area contributed by atoms with E-state index < -0.39 is 11.6 Å². The number of fused-ring (bicyclic) bond motifs is 1. The number of nitrogens with one attached hydrogen (secondary N) is 3.